The van der Waals surface area contributed by atoms with Crippen molar-refractivity contribution in [2.75, 3.05) is 64.2 Å². The first-order valence-electron chi connectivity index (χ1n) is 16.5. The fourth-order valence-corrected chi connectivity index (χ4v) is 8.65. The van der Waals surface area contributed by atoms with Crippen LogP contribution in [-0.4, -0.2) is 110 Å². The molecule has 0 radical (unpaired) electrons. The highest BCUT2D eigenvalue weighted by Gasteiger charge is 2.36. The van der Waals surface area contributed by atoms with Gasteiger partial charge in [0.05, 0.1) is 36.5 Å². The van der Waals surface area contributed by atoms with Crippen LogP contribution in [0.1, 0.15) is 12.8 Å². The van der Waals surface area contributed by atoms with Crippen molar-refractivity contribution in [1.29, 1.82) is 5.26 Å². The number of rotatable bonds is 9. The quantitative estimate of drug-likeness (QED) is 0.262. The second-order valence-corrected chi connectivity index (χ2v) is 16.1. The number of anilines is 1. The lowest BCUT2D eigenvalue weighted by atomic mass is 10.2. The summed E-state index contributed by atoms with van der Waals surface area (Å²) in [6.07, 6.45) is 7.11. The number of pyridine rings is 1. The SMILES string of the molecule is CS(C)(/N=C(\C#N)C(=O)N1CCC[C@H]1Cn1c(=O)n(-c2ccc(Oc3ccccc3)cc2)c2c(N)nccc21)N1CCN(C2COC2)CC1. The van der Waals surface area contributed by atoms with Gasteiger partial charge < -0.3 is 20.1 Å². The second-order valence-electron chi connectivity index (χ2n) is 12.9. The number of nitrogens with zero attached hydrogens (tertiary/aromatic N) is 8. The van der Waals surface area contributed by atoms with Crippen LogP contribution >= 0.6 is 10.4 Å². The Bertz CT molecular complexity index is 1960. The second kappa shape index (κ2) is 13.7. The summed E-state index contributed by atoms with van der Waals surface area (Å²) in [5.41, 5.74) is 7.72. The van der Waals surface area contributed by atoms with Gasteiger partial charge in [-0.15, -0.1) is 0 Å². The van der Waals surface area contributed by atoms with Crippen molar-refractivity contribution in [2.24, 2.45) is 4.40 Å². The average Bonchev–Trinajstić information content (AvgIpc) is 3.66. The minimum atomic E-state index is -1.77. The van der Waals surface area contributed by atoms with Gasteiger partial charge in [0.1, 0.15) is 28.9 Å². The van der Waals surface area contributed by atoms with Gasteiger partial charge in [-0.2, -0.15) is 5.26 Å². The highest BCUT2D eigenvalue weighted by atomic mass is 32.3. The molecule has 1 amide bonds. The van der Waals surface area contributed by atoms with Crippen LogP contribution in [0.5, 0.6) is 11.5 Å². The fraction of sp³-hybridized carbons (Fsp3) is 0.400. The minimum absolute atomic E-state index is 0.0808. The maximum absolute atomic E-state index is 14.1. The number of para-hydroxylation sites is 1. The summed E-state index contributed by atoms with van der Waals surface area (Å²) in [5, 5.41) is 10.2. The lowest BCUT2D eigenvalue weighted by molar-refractivity contribution is -0.124. The van der Waals surface area contributed by atoms with E-state index in [-0.39, 0.29) is 35.7 Å². The van der Waals surface area contributed by atoms with Crippen LogP contribution in [-0.2, 0) is 16.1 Å². The van der Waals surface area contributed by atoms with Crippen LogP contribution in [0.2, 0.25) is 0 Å². The molecule has 1 atom stereocenters. The molecule has 2 aromatic heterocycles. The van der Waals surface area contributed by atoms with Crippen molar-refractivity contribution in [3.05, 3.63) is 77.3 Å². The molecule has 49 heavy (non-hydrogen) atoms. The van der Waals surface area contributed by atoms with Gasteiger partial charge in [-0.3, -0.25) is 18.8 Å². The number of carbonyl (C=O) groups excluding carboxylic acids is 1. The molecule has 0 bridgehead atoms. The molecular weight excluding hydrogens is 643 g/mol. The molecule has 256 valence electrons. The summed E-state index contributed by atoms with van der Waals surface area (Å²) >= 11 is 0. The monoisotopic (exact) mass is 683 g/mol. The topological polar surface area (TPSA) is 147 Å². The van der Waals surface area contributed by atoms with E-state index in [1.54, 1.807) is 38.4 Å². The standard InChI is InChI=1S/C35H41N9O4S/c1-49(2,41-19-17-40(18-20-41)27-23-47-24-27)39-30(21-36)34(45)42-16-6-7-26(42)22-43-31-14-15-38-33(37)32(31)44(35(43)46)25-10-12-29(13-11-25)48-28-8-4-3-5-9-28/h3-5,8-15,26-27H,6-7,16-20,22-24H2,1-2H3,(H2,37,38)/b39-30+/t26-/m0/s1. The third-order valence-corrected chi connectivity index (χ3v) is 11.9. The predicted octanol–water partition coefficient (Wildman–Crippen LogP) is 3.43. The van der Waals surface area contributed by atoms with Crippen molar-refractivity contribution in [2.45, 2.75) is 31.5 Å². The van der Waals surface area contributed by atoms with E-state index in [9.17, 15) is 14.9 Å². The molecule has 4 aromatic rings. The highest BCUT2D eigenvalue weighted by Crippen LogP contribution is 2.46. The Labute approximate surface area is 286 Å². The van der Waals surface area contributed by atoms with Crippen LogP contribution < -0.4 is 16.2 Å². The van der Waals surface area contributed by atoms with Crippen LogP contribution in [0.25, 0.3) is 16.7 Å². The zero-order valence-corrected chi connectivity index (χ0v) is 28.6. The number of piperazine rings is 1. The molecule has 14 heteroatoms. The molecule has 2 N–H and O–H groups in total. The number of hydrogen-bond donors (Lipinski definition) is 1. The number of nitriles is 1. The third-order valence-electron chi connectivity index (χ3n) is 9.64. The van der Waals surface area contributed by atoms with Crippen molar-refractivity contribution in [3.63, 3.8) is 0 Å². The molecule has 3 saturated heterocycles. The van der Waals surface area contributed by atoms with E-state index in [4.69, 9.17) is 19.6 Å². The maximum atomic E-state index is 14.1. The van der Waals surface area contributed by atoms with Crippen molar-refractivity contribution >= 4 is 38.9 Å². The van der Waals surface area contributed by atoms with E-state index in [0.717, 1.165) is 45.8 Å². The largest absolute Gasteiger partial charge is 0.457 e. The Balaban J connectivity index is 1.12. The molecular formula is C35H41N9O4S. The number of nitrogens with two attached hydrogens (primary N) is 1. The van der Waals surface area contributed by atoms with Gasteiger partial charge in [0, 0.05) is 45.5 Å². The zero-order valence-electron chi connectivity index (χ0n) is 27.8. The van der Waals surface area contributed by atoms with Crippen molar-refractivity contribution in [1.82, 2.24) is 28.2 Å². The molecule has 3 aliphatic heterocycles. The van der Waals surface area contributed by atoms with Gasteiger partial charge in [0.25, 0.3) is 5.91 Å². The van der Waals surface area contributed by atoms with Gasteiger partial charge in [-0.05, 0) is 67.8 Å². The third kappa shape index (κ3) is 6.54. The van der Waals surface area contributed by atoms with E-state index in [0.29, 0.717) is 47.2 Å². The molecule has 13 nitrogen and oxygen atoms in total. The molecule has 5 heterocycles. The lowest BCUT2D eigenvalue weighted by Crippen LogP contribution is -2.56. The van der Waals surface area contributed by atoms with E-state index >= 15 is 0 Å². The molecule has 3 fully saturated rings. The summed E-state index contributed by atoms with van der Waals surface area (Å²) in [5.74, 6) is 1.18. The van der Waals surface area contributed by atoms with Crippen LogP contribution in [0.15, 0.2) is 76.1 Å². The summed E-state index contributed by atoms with van der Waals surface area (Å²) in [4.78, 5) is 36.5. The number of hydrogen-bond acceptors (Lipinski definition) is 10. The van der Waals surface area contributed by atoms with Gasteiger partial charge in [-0.25, -0.2) is 18.5 Å². The molecule has 0 aliphatic carbocycles. The number of likely N-dealkylation sites (tertiary alicyclic amines) is 1. The summed E-state index contributed by atoms with van der Waals surface area (Å²) in [7, 11) is -1.77. The van der Waals surface area contributed by atoms with Gasteiger partial charge in [0.2, 0.25) is 5.71 Å². The maximum Gasteiger partial charge on any atom is 0.333 e. The number of ether oxygens (including phenoxy) is 2. The highest BCUT2D eigenvalue weighted by molar-refractivity contribution is 8.29. The Morgan fingerprint density at radius 2 is 1.76 bits per heavy atom. The number of fused-ring (bicyclic) bond motifs is 1. The van der Waals surface area contributed by atoms with Crippen LogP contribution in [0, 0.1) is 11.3 Å². The number of benzene rings is 2. The molecule has 3 aliphatic rings. The first-order valence-corrected chi connectivity index (χ1v) is 18.9. The average molecular weight is 684 g/mol. The smallest absolute Gasteiger partial charge is 0.333 e. The van der Waals surface area contributed by atoms with E-state index in [2.05, 4.69) is 20.3 Å². The van der Waals surface area contributed by atoms with E-state index < -0.39 is 10.4 Å². The first kappa shape index (κ1) is 32.8. The Morgan fingerprint density at radius 1 is 1.04 bits per heavy atom. The summed E-state index contributed by atoms with van der Waals surface area (Å²) in [6, 6.07) is 20.8. The first-order chi connectivity index (χ1) is 23.7. The van der Waals surface area contributed by atoms with Crippen LogP contribution in [0.4, 0.5) is 5.82 Å². The summed E-state index contributed by atoms with van der Waals surface area (Å²) < 4.78 is 21.6. The molecule has 0 spiro atoms. The molecule has 7 rings (SSSR count). The molecule has 2 aromatic carbocycles. The number of amides is 1. The van der Waals surface area contributed by atoms with E-state index in [1.807, 2.05) is 55.0 Å². The van der Waals surface area contributed by atoms with Gasteiger partial charge >= 0.3 is 5.69 Å². The number of carbonyl (C=O) groups is 1. The van der Waals surface area contributed by atoms with E-state index in [1.165, 1.54) is 0 Å². The normalized spacial score (nSPS) is 19.9. The number of imidazole rings is 1. The number of nitrogen functional groups attached to an aromatic ring is 1. The Kier molecular flexibility index (Phi) is 9.17. The Hall–Kier alpha value is -4.68. The fourth-order valence-electron chi connectivity index (χ4n) is 6.91. The van der Waals surface area contributed by atoms with Crippen LogP contribution in [0.3, 0.4) is 0 Å². The van der Waals surface area contributed by atoms with Gasteiger partial charge in [0.15, 0.2) is 0 Å². The number of aromatic nitrogens is 3. The lowest BCUT2D eigenvalue weighted by Gasteiger charge is -2.47. The van der Waals surface area contributed by atoms with Gasteiger partial charge in [-0.1, -0.05) is 28.6 Å². The van der Waals surface area contributed by atoms with Crippen molar-refractivity contribution in [3.8, 4) is 23.3 Å². The van der Waals surface area contributed by atoms with Crippen molar-refractivity contribution < 1.29 is 14.3 Å². The molecule has 0 unspecified atom stereocenters. The Morgan fingerprint density at radius 3 is 2.43 bits per heavy atom. The molecule has 0 saturated carbocycles. The predicted molar refractivity (Wildman–Crippen MR) is 191 cm³/mol. The minimum Gasteiger partial charge on any atom is -0.457 e. The zero-order chi connectivity index (χ0) is 34.1. The summed E-state index contributed by atoms with van der Waals surface area (Å²) in [6.45, 7) is 5.79.